The first-order valence-electron chi connectivity index (χ1n) is 6.26. The minimum Gasteiger partial charge on any atom is -0.342 e. The molecule has 2 aromatic rings. The molecular formula is C16H16BrNO. The summed E-state index contributed by atoms with van der Waals surface area (Å²) in [6, 6.07) is 16.1. The van der Waals surface area contributed by atoms with Crippen LogP contribution in [0, 0.1) is 0 Å². The number of anilines is 2. The van der Waals surface area contributed by atoms with E-state index in [4.69, 9.17) is 0 Å². The molecule has 0 amide bonds. The Morgan fingerprint density at radius 2 is 1.79 bits per heavy atom. The predicted molar refractivity (Wildman–Crippen MR) is 83.3 cm³/mol. The number of hydrogen-bond acceptors (Lipinski definition) is 2. The van der Waals surface area contributed by atoms with Crippen molar-refractivity contribution in [2.75, 3.05) is 11.4 Å². The van der Waals surface area contributed by atoms with Gasteiger partial charge in [0.05, 0.1) is 0 Å². The molecule has 0 spiro atoms. The second kappa shape index (κ2) is 6.02. The van der Waals surface area contributed by atoms with Crippen LogP contribution in [0.1, 0.15) is 24.2 Å². The van der Waals surface area contributed by atoms with Gasteiger partial charge in [-0.15, -0.1) is 0 Å². The van der Waals surface area contributed by atoms with Crippen molar-refractivity contribution in [2.45, 2.75) is 13.8 Å². The quantitative estimate of drug-likeness (QED) is 0.754. The van der Waals surface area contributed by atoms with Crippen molar-refractivity contribution in [3.63, 3.8) is 0 Å². The van der Waals surface area contributed by atoms with E-state index in [9.17, 15) is 4.79 Å². The second-order valence-electron chi connectivity index (χ2n) is 4.30. The molecule has 0 aliphatic heterocycles. The molecule has 19 heavy (non-hydrogen) atoms. The van der Waals surface area contributed by atoms with Gasteiger partial charge < -0.3 is 4.90 Å². The highest BCUT2D eigenvalue weighted by Gasteiger charge is 2.10. The number of hydrogen-bond donors (Lipinski definition) is 0. The highest BCUT2D eigenvalue weighted by Crippen LogP contribution is 2.29. The number of halogens is 1. The van der Waals surface area contributed by atoms with Crippen LogP contribution in [-0.2, 0) is 0 Å². The van der Waals surface area contributed by atoms with Gasteiger partial charge in [-0.3, -0.25) is 4.79 Å². The third-order valence-corrected chi connectivity index (χ3v) is 3.68. The number of rotatable bonds is 4. The number of benzene rings is 2. The summed E-state index contributed by atoms with van der Waals surface area (Å²) >= 11 is 3.47. The molecule has 2 aromatic carbocycles. The summed E-state index contributed by atoms with van der Waals surface area (Å²) in [5.74, 6) is 0.0705. The van der Waals surface area contributed by atoms with Crippen LogP contribution in [0.25, 0.3) is 0 Å². The third kappa shape index (κ3) is 3.04. The Labute approximate surface area is 122 Å². The van der Waals surface area contributed by atoms with Crippen molar-refractivity contribution < 1.29 is 4.79 Å². The van der Waals surface area contributed by atoms with Crippen LogP contribution in [0.2, 0.25) is 0 Å². The van der Waals surface area contributed by atoms with Crippen LogP contribution in [0.5, 0.6) is 0 Å². The fraction of sp³-hybridized carbons (Fsp3) is 0.188. The summed E-state index contributed by atoms with van der Waals surface area (Å²) in [7, 11) is 0. The lowest BCUT2D eigenvalue weighted by Gasteiger charge is -2.23. The van der Waals surface area contributed by atoms with Crippen molar-refractivity contribution in [3.05, 3.63) is 58.6 Å². The van der Waals surface area contributed by atoms with Crippen LogP contribution in [0.3, 0.4) is 0 Å². The van der Waals surface area contributed by atoms with E-state index >= 15 is 0 Å². The summed E-state index contributed by atoms with van der Waals surface area (Å²) in [4.78, 5) is 13.6. The fourth-order valence-corrected chi connectivity index (χ4v) is 2.73. The second-order valence-corrected chi connectivity index (χ2v) is 5.15. The molecule has 0 fully saturated rings. The number of carbonyl (C=O) groups is 1. The molecule has 0 bridgehead atoms. The van der Waals surface area contributed by atoms with Gasteiger partial charge in [0, 0.05) is 28.0 Å². The Morgan fingerprint density at radius 3 is 2.32 bits per heavy atom. The van der Waals surface area contributed by atoms with E-state index < -0.39 is 0 Å². The van der Waals surface area contributed by atoms with Gasteiger partial charge in [-0.1, -0.05) is 18.2 Å². The number of para-hydroxylation sites is 1. The van der Waals surface area contributed by atoms with Crippen LogP contribution >= 0.6 is 15.9 Å². The van der Waals surface area contributed by atoms with Crippen LogP contribution in [0.4, 0.5) is 11.4 Å². The van der Waals surface area contributed by atoms with Crippen LogP contribution in [0.15, 0.2) is 53.0 Å². The van der Waals surface area contributed by atoms with Crippen LogP contribution in [-0.4, -0.2) is 12.3 Å². The number of nitrogens with zero attached hydrogens (tertiary/aromatic N) is 1. The van der Waals surface area contributed by atoms with E-state index in [-0.39, 0.29) is 5.78 Å². The Morgan fingerprint density at radius 1 is 1.11 bits per heavy atom. The molecule has 98 valence electrons. The average molecular weight is 318 g/mol. The molecule has 0 saturated carbocycles. The summed E-state index contributed by atoms with van der Waals surface area (Å²) in [5, 5.41) is 0. The molecule has 0 N–H and O–H groups in total. The first-order chi connectivity index (χ1) is 9.13. The molecule has 3 heteroatoms. The summed E-state index contributed by atoms with van der Waals surface area (Å²) in [6.07, 6.45) is 0. The number of carbonyl (C=O) groups excluding carboxylic acids is 1. The maximum Gasteiger partial charge on any atom is 0.160 e. The molecule has 0 aliphatic rings. The molecular weight excluding hydrogens is 302 g/mol. The van der Waals surface area contributed by atoms with Gasteiger partial charge in [0.2, 0.25) is 0 Å². The van der Waals surface area contributed by atoms with Crippen molar-refractivity contribution in [3.8, 4) is 0 Å². The zero-order valence-corrected chi connectivity index (χ0v) is 12.6. The monoisotopic (exact) mass is 317 g/mol. The van der Waals surface area contributed by atoms with Gasteiger partial charge in [0.1, 0.15) is 0 Å². The zero-order chi connectivity index (χ0) is 13.8. The van der Waals surface area contributed by atoms with Crippen molar-refractivity contribution in [2.24, 2.45) is 0 Å². The van der Waals surface area contributed by atoms with Gasteiger partial charge in [-0.25, -0.2) is 0 Å². The minimum atomic E-state index is 0.0705. The largest absolute Gasteiger partial charge is 0.342 e. The highest BCUT2D eigenvalue weighted by molar-refractivity contribution is 9.10. The van der Waals surface area contributed by atoms with E-state index in [0.29, 0.717) is 5.56 Å². The van der Waals surface area contributed by atoms with Gasteiger partial charge >= 0.3 is 0 Å². The standard InChI is InChI=1S/C16H16BrNO/c1-3-18(13-7-5-4-6-8-13)14-9-10-15(12(2)19)16(17)11-14/h4-11H,3H2,1-2H3. The molecule has 0 radical (unpaired) electrons. The van der Waals surface area contributed by atoms with E-state index in [1.54, 1.807) is 6.92 Å². The van der Waals surface area contributed by atoms with E-state index in [0.717, 1.165) is 22.4 Å². The predicted octanol–water partition coefficient (Wildman–Crippen LogP) is 4.81. The van der Waals surface area contributed by atoms with Gasteiger partial charge in [0.25, 0.3) is 0 Å². The van der Waals surface area contributed by atoms with Crippen LogP contribution < -0.4 is 4.90 Å². The van der Waals surface area contributed by atoms with Gasteiger partial charge in [-0.2, -0.15) is 0 Å². The fourth-order valence-electron chi connectivity index (χ4n) is 2.08. The normalized spacial score (nSPS) is 10.3. The molecule has 0 heterocycles. The number of ketones is 1. The lowest BCUT2D eigenvalue weighted by molar-refractivity contribution is 0.101. The van der Waals surface area contributed by atoms with E-state index in [2.05, 4.69) is 39.9 Å². The topological polar surface area (TPSA) is 20.3 Å². The summed E-state index contributed by atoms with van der Waals surface area (Å²) in [5.41, 5.74) is 2.94. The molecule has 0 unspecified atom stereocenters. The Kier molecular flexibility index (Phi) is 4.38. The first kappa shape index (κ1) is 13.8. The molecule has 0 saturated heterocycles. The smallest absolute Gasteiger partial charge is 0.160 e. The lowest BCUT2D eigenvalue weighted by Crippen LogP contribution is -2.16. The molecule has 0 aromatic heterocycles. The minimum absolute atomic E-state index is 0.0705. The molecule has 0 atom stereocenters. The summed E-state index contributed by atoms with van der Waals surface area (Å²) in [6.45, 7) is 4.56. The van der Waals surface area contributed by atoms with Crippen molar-refractivity contribution in [1.29, 1.82) is 0 Å². The Balaban J connectivity index is 2.40. The third-order valence-electron chi connectivity index (χ3n) is 3.03. The Bertz CT molecular complexity index is 581. The van der Waals surface area contributed by atoms with E-state index in [1.807, 2.05) is 36.4 Å². The summed E-state index contributed by atoms with van der Waals surface area (Å²) < 4.78 is 0.840. The lowest BCUT2D eigenvalue weighted by atomic mass is 10.1. The maximum absolute atomic E-state index is 11.4. The number of Topliss-reactive ketones (excluding diaryl/α,β-unsaturated/α-hetero) is 1. The zero-order valence-electron chi connectivity index (χ0n) is 11.1. The first-order valence-corrected chi connectivity index (χ1v) is 7.06. The SMILES string of the molecule is CCN(c1ccccc1)c1ccc(C(C)=O)c(Br)c1. The molecule has 2 rings (SSSR count). The van der Waals surface area contributed by atoms with Gasteiger partial charge in [-0.05, 0) is 60.1 Å². The van der Waals surface area contributed by atoms with Crippen molar-refractivity contribution in [1.82, 2.24) is 0 Å². The Hall–Kier alpha value is -1.61. The highest BCUT2D eigenvalue weighted by atomic mass is 79.9. The van der Waals surface area contributed by atoms with Crippen molar-refractivity contribution >= 4 is 33.1 Å². The molecule has 0 aliphatic carbocycles. The van der Waals surface area contributed by atoms with E-state index in [1.165, 1.54) is 0 Å². The maximum atomic E-state index is 11.4. The average Bonchev–Trinajstić information content (AvgIpc) is 2.40. The molecule has 2 nitrogen and oxygen atoms in total. The van der Waals surface area contributed by atoms with Gasteiger partial charge in [0.15, 0.2) is 5.78 Å².